The van der Waals surface area contributed by atoms with Gasteiger partial charge in [-0.1, -0.05) is 13.8 Å². The highest BCUT2D eigenvalue weighted by Gasteiger charge is 2.35. The molecule has 3 nitrogen and oxygen atoms in total. The lowest BCUT2D eigenvalue weighted by Gasteiger charge is -2.23. The first-order valence-corrected chi connectivity index (χ1v) is 5.02. The second kappa shape index (κ2) is 4.09. The van der Waals surface area contributed by atoms with Gasteiger partial charge in [-0.15, -0.1) is 0 Å². The maximum absolute atomic E-state index is 11.4. The minimum atomic E-state index is -1.15. The van der Waals surface area contributed by atoms with Crippen LogP contribution in [0.2, 0.25) is 0 Å². The summed E-state index contributed by atoms with van der Waals surface area (Å²) in [4.78, 5) is 11.4. The Kier molecular flexibility index (Phi) is 3.31. The molecule has 0 heterocycles. The normalized spacial score (nSPS) is 22.7. The second-order valence-electron chi connectivity index (χ2n) is 3.88. The summed E-state index contributed by atoms with van der Waals surface area (Å²) in [6.45, 7) is 3.76. The molecule has 0 radical (unpaired) electrons. The Morgan fingerprint density at radius 3 is 2.54 bits per heavy atom. The van der Waals surface area contributed by atoms with Crippen LogP contribution < -0.4 is 0 Å². The number of hydrogen-bond acceptors (Lipinski definition) is 3. The summed E-state index contributed by atoms with van der Waals surface area (Å²) in [5, 5.41) is 9.76. The highest BCUT2D eigenvalue weighted by molar-refractivity contribution is 5.72. The van der Waals surface area contributed by atoms with E-state index in [9.17, 15) is 9.90 Å². The third kappa shape index (κ3) is 2.69. The molecule has 0 spiro atoms. The third-order valence-corrected chi connectivity index (χ3v) is 2.69. The minimum absolute atomic E-state index is 0.107. The molecule has 1 unspecified atom stereocenters. The van der Waals surface area contributed by atoms with Crippen molar-refractivity contribution in [1.29, 1.82) is 0 Å². The smallest absolute Gasteiger partial charge is 0.311 e. The van der Waals surface area contributed by atoms with Gasteiger partial charge >= 0.3 is 5.97 Å². The molecule has 0 aliphatic heterocycles. The molecule has 0 aromatic heterocycles. The fourth-order valence-corrected chi connectivity index (χ4v) is 1.48. The number of esters is 1. The number of carbonyl (C=O) groups excluding carboxylic acids is 1. The van der Waals surface area contributed by atoms with Gasteiger partial charge in [-0.25, -0.2) is 0 Å². The van der Waals surface area contributed by atoms with Gasteiger partial charge in [0.25, 0.3) is 0 Å². The Morgan fingerprint density at radius 1 is 1.54 bits per heavy atom. The molecule has 76 valence electrons. The maximum atomic E-state index is 11.4. The second-order valence-corrected chi connectivity index (χ2v) is 3.88. The van der Waals surface area contributed by atoms with Gasteiger partial charge in [0.15, 0.2) is 0 Å². The Balaban J connectivity index is 2.43. The van der Waals surface area contributed by atoms with Crippen LogP contribution in [0.5, 0.6) is 0 Å². The van der Waals surface area contributed by atoms with Crippen LogP contribution in [0.25, 0.3) is 0 Å². The Bertz CT molecular complexity index is 183. The summed E-state index contributed by atoms with van der Waals surface area (Å²) in [7, 11) is 0. The number of hydrogen-bond donors (Lipinski definition) is 1. The SMILES string of the molecule is CCC(C)C(=O)OC1(O)CCCC1. The predicted octanol–water partition coefficient (Wildman–Crippen LogP) is 1.84. The van der Waals surface area contributed by atoms with Crippen LogP contribution in [-0.2, 0) is 9.53 Å². The summed E-state index contributed by atoms with van der Waals surface area (Å²) in [6, 6.07) is 0. The van der Waals surface area contributed by atoms with Gasteiger partial charge in [0, 0.05) is 12.8 Å². The zero-order valence-corrected chi connectivity index (χ0v) is 8.38. The summed E-state index contributed by atoms with van der Waals surface area (Å²) >= 11 is 0. The first kappa shape index (κ1) is 10.5. The van der Waals surface area contributed by atoms with Crippen LogP contribution in [0.4, 0.5) is 0 Å². The van der Waals surface area contributed by atoms with Crippen molar-refractivity contribution in [3.05, 3.63) is 0 Å². The van der Waals surface area contributed by atoms with E-state index in [1.807, 2.05) is 13.8 Å². The predicted molar refractivity (Wildman–Crippen MR) is 49.0 cm³/mol. The van der Waals surface area contributed by atoms with Gasteiger partial charge in [-0.05, 0) is 19.3 Å². The van der Waals surface area contributed by atoms with E-state index in [2.05, 4.69) is 0 Å². The van der Waals surface area contributed by atoms with E-state index < -0.39 is 5.79 Å². The number of aliphatic hydroxyl groups is 1. The number of rotatable bonds is 3. The van der Waals surface area contributed by atoms with E-state index in [-0.39, 0.29) is 11.9 Å². The van der Waals surface area contributed by atoms with Gasteiger partial charge in [-0.2, -0.15) is 0 Å². The minimum Gasteiger partial charge on any atom is -0.433 e. The lowest BCUT2D eigenvalue weighted by molar-refractivity contribution is -0.210. The fourth-order valence-electron chi connectivity index (χ4n) is 1.48. The monoisotopic (exact) mass is 186 g/mol. The van der Waals surface area contributed by atoms with E-state index in [1.165, 1.54) is 0 Å². The molecule has 1 N–H and O–H groups in total. The van der Waals surface area contributed by atoms with E-state index in [0.29, 0.717) is 12.8 Å². The molecular weight excluding hydrogens is 168 g/mol. The maximum Gasteiger partial charge on any atom is 0.311 e. The molecule has 1 atom stereocenters. The zero-order valence-electron chi connectivity index (χ0n) is 8.38. The molecule has 3 heteroatoms. The first-order valence-electron chi connectivity index (χ1n) is 5.02. The van der Waals surface area contributed by atoms with E-state index in [4.69, 9.17) is 4.74 Å². The van der Waals surface area contributed by atoms with Crippen molar-refractivity contribution in [3.63, 3.8) is 0 Å². The highest BCUT2D eigenvalue weighted by Crippen LogP contribution is 2.31. The summed E-state index contributed by atoms with van der Waals surface area (Å²) in [5.74, 6) is -1.53. The first-order chi connectivity index (χ1) is 6.07. The summed E-state index contributed by atoms with van der Waals surface area (Å²) in [5.41, 5.74) is 0. The van der Waals surface area contributed by atoms with Crippen LogP contribution in [0.3, 0.4) is 0 Å². The Labute approximate surface area is 79.1 Å². The van der Waals surface area contributed by atoms with Crippen molar-refractivity contribution in [3.8, 4) is 0 Å². The lowest BCUT2D eigenvalue weighted by atomic mass is 10.1. The van der Waals surface area contributed by atoms with Crippen LogP contribution in [0.1, 0.15) is 46.0 Å². The molecule has 0 amide bonds. The lowest BCUT2D eigenvalue weighted by Crippen LogP contribution is -2.33. The van der Waals surface area contributed by atoms with E-state index in [0.717, 1.165) is 19.3 Å². The van der Waals surface area contributed by atoms with Crippen LogP contribution in [0.15, 0.2) is 0 Å². The van der Waals surface area contributed by atoms with Crippen molar-refractivity contribution in [2.45, 2.75) is 51.7 Å². The van der Waals surface area contributed by atoms with Crippen molar-refractivity contribution in [1.82, 2.24) is 0 Å². The average Bonchev–Trinajstić information content (AvgIpc) is 2.50. The van der Waals surface area contributed by atoms with Crippen molar-refractivity contribution in [2.75, 3.05) is 0 Å². The molecule has 1 aliphatic rings. The molecular formula is C10H18O3. The number of carbonyl (C=O) groups is 1. The van der Waals surface area contributed by atoms with Gasteiger partial charge < -0.3 is 9.84 Å². The van der Waals surface area contributed by atoms with Gasteiger partial charge in [0.2, 0.25) is 5.79 Å². The van der Waals surface area contributed by atoms with E-state index in [1.54, 1.807) is 0 Å². The van der Waals surface area contributed by atoms with Crippen LogP contribution >= 0.6 is 0 Å². The van der Waals surface area contributed by atoms with Gasteiger partial charge in [-0.3, -0.25) is 4.79 Å². The topological polar surface area (TPSA) is 46.5 Å². The third-order valence-electron chi connectivity index (χ3n) is 2.69. The van der Waals surface area contributed by atoms with Gasteiger partial charge in [0.1, 0.15) is 0 Å². The molecule has 0 saturated heterocycles. The van der Waals surface area contributed by atoms with Crippen LogP contribution in [-0.4, -0.2) is 16.9 Å². The fraction of sp³-hybridized carbons (Fsp3) is 0.900. The summed E-state index contributed by atoms with van der Waals surface area (Å²) < 4.78 is 5.07. The Hall–Kier alpha value is -0.570. The van der Waals surface area contributed by atoms with E-state index >= 15 is 0 Å². The highest BCUT2D eigenvalue weighted by atomic mass is 16.7. The summed E-state index contributed by atoms with van der Waals surface area (Å²) in [6.07, 6.45) is 3.84. The molecule has 0 bridgehead atoms. The quantitative estimate of drug-likeness (QED) is 0.540. The van der Waals surface area contributed by atoms with Gasteiger partial charge in [0.05, 0.1) is 5.92 Å². The van der Waals surface area contributed by atoms with Crippen molar-refractivity contribution >= 4 is 5.97 Å². The molecule has 13 heavy (non-hydrogen) atoms. The molecule has 1 aliphatic carbocycles. The molecule has 1 saturated carbocycles. The standard InChI is InChI=1S/C10H18O3/c1-3-8(2)9(11)13-10(12)6-4-5-7-10/h8,12H,3-7H2,1-2H3. The largest absolute Gasteiger partial charge is 0.433 e. The molecule has 0 aromatic rings. The Morgan fingerprint density at radius 2 is 2.08 bits per heavy atom. The molecule has 1 fully saturated rings. The molecule has 0 aromatic carbocycles. The van der Waals surface area contributed by atoms with Crippen molar-refractivity contribution in [2.24, 2.45) is 5.92 Å². The van der Waals surface area contributed by atoms with Crippen molar-refractivity contribution < 1.29 is 14.6 Å². The molecule has 1 rings (SSSR count). The average molecular weight is 186 g/mol. The van der Waals surface area contributed by atoms with Crippen LogP contribution in [0, 0.1) is 5.92 Å². The number of ether oxygens (including phenoxy) is 1. The zero-order chi connectivity index (χ0) is 9.90.